The highest BCUT2D eigenvalue weighted by Gasteiger charge is 2.50. The van der Waals surface area contributed by atoms with Gasteiger partial charge < -0.3 is 33.3 Å². The molecule has 1 unspecified atom stereocenters. The van der Waals surface area contributed by atoms with E-state index >= 15 is 0 Å². The predicted octanol–water partition coefficient (Wildman–Crippen LogP) is 5.27. The molecule has 2 saturated heterocycles. The van der Waals surface area contributed by atoms with Crippen LogP contribution < -0.4 is 19.1 Å². The van der Waals surface area contributed by atoms with Crippen LogP contribution in [-0.4, -0.2) is 63.8 Å². The van der Waals surface area contributed by atoms with Crippen molar-refractivity contribution in [3.05, 3.63) is 119 Å². The Kier molecular flexibility index (Phi) is 10.8. The molecule has 0 bridgehead atoms. The Balaban J connectivity index is 0.904. The first kappa shape index (κ1) is 32.9. The molecule has 12 nitrogen and oxygen atoms in total. The van der Waals surface area contributed by atoms with Crippen molar-refractivity contribution in [1.82, 2.24) is 0 Å². The summed E-state index contributed by atoms with van der Waals surface area (Å²) in [4.78, 5) is 47.0. The van der Waals surface area contributed by atoms with Crippen LogP contribution in [0, 0.1) is 0 Å². The third-order valence-electron chi connectivity index (χ3n) is 7.73. The fraction of sp³-hybridized carbons (Fsp3) is 0.278. The minimum atomic E-state index is -0.622. The van der Waals surface area contributed by atoms with Crippen LogP contribution in [0.25, 0.3) is 0 Å². The van der Waals surface area contributed by atoms with Crippen LogP contribution in [-0.2, 0) is 42.1 Å². The van der Waals surface area contributed by atoms with Crippen molar-refractivity contribution >= 4 is 11.9 Å². The van der Waals surface area contributed by atoms with Crippen LogP contribution in [0.15, 0.2) is 97.1 Å². The number of carbonyl (C=O) groups is 2. The summed E-state index contributed by atoms with van der Waals surface area (Å²) in [7, 11) is 3.16. The molecule has 2 aliphatic rings. The number of esters is 2. The highest BCUT2D eigenvalue weighted by Crippen LogP contribution is 2.31. The summed E-state index contributed by atoms with van der Waals surface area (Å²) < 4.78 is 33.0. The van der Waals surface area contributed by atoms with Gasteiger partial charge in [-0.1, -0.05) is 24.3 Å². The third kappa shape index (κ3) is 8.29. The van der Waals surface area contributed by atoms with Crippen molar-refractivity contribution in [3.63, 3.8) is 0 Å². The SMILES string of the molecule is COc1ccc(COOc2ccc(COO[C@@H]3CO[C@@H]4C(OC(=O)c5ccc(OC(=O)c6ccc(OC)cc6)cc5)CO[C@@H]43)cc2)cc1. The second-order valence-corrected chi connectivity index (χ2v) is 10.9. The summed E-state index contributed by atoms with van der Waals surface area (Å²) in [6.45, 7) is 0.843. The van der Waals surface area contributed by atoms with E-state index in [2.05, 4.69) is 0 Å². The first-order valence-electron chi connectivity index (χ1n) is 15.2. The molecule has 0 amide bonds. The van der Waals surface area contributed by atoms with Gasteiger partial charge in [-0.25, -0.2) is 19.4 Å². The fourth-order valence-corrected chi connectivity index (χ4v) is 5.09. The van der Waals surface area contributed by atoms with Crippen LogP contribution in [0.5, 0.6) is 23.0 Å². The molecular formula is C36H34O12. The summed E-state index contributed by atoms with van der Waals surface area (Å²) in [5, 5.41) is 0. The Morgan fingerprint density at radius 3 is 1.67 bits per heavy atom. The molecule has 6 rings (SSSR count). The van der Waals surface area contributed by atoms with Gasteiger partial charge in [0.1, 0.15) is 48.8 Å². The lowest BCUT2D eigenvalue weighted by Gasteiger charge is -2.17. The van der Waals surface area contributed by atoms with Gasteiger partial charge in [-0.2, -0.15) is 4.89 Å². The van der Waals surface area contributed by atoms with E-state index in [1.807, 2.05) is 36.4 Å². The number of rotatable bonds is 14. The maximum absolute atomic E-state index is 12.9. The van der Waals surface area contributed by atoms with Crippen molar-refractivity contribution in [1.29, 1.82) is 0 Å². The van der Waals surface area contributed by atoms with E-state index in [9.17, 15) is 9.59 Å². The molecule has 12 heteroatoms. The van der Waals surface area contributed by atoms with Crippen molar-refractivity contribution < 1.29 is 57.6 Å². The second-order valence-electron chi connectivity index (χ2n) is 10.9. The lowest BCUT2D eigenvalue weighted by Crippen LogP contribution is -2.35. The van der Waals surface area contributed by atoms with Gasteiger partial charge in [-0.3, -0.25) is 0 Å². The number of carbonyl (C=O) groups excluding carboxylic acids is 2. The number of fused-ring (bicyclic) bond motifs is 1. The quantitative estimate of drug-likeness (QED) is 0.0758. The summed E-state index contributed by atoms with van der Waals surface area (Å²) in [6, 6.07) is 27.4. The van der Waals surface area contributed by atoms with Gasteiger partial charge in [0.25, 0.3) is 0 Å². The fourth-order valence-electron chi connectivity index (χ4n) is 5.09. The third-order valence-corrected chi connectivity index (χ3v) is 7.73. The summed E-state index contributed by atoms with van der Waals surface area (Å²) in [5.74, 6) is 1.15. The van der Waals surface area contributed by atoms with Gasteiger partial charge in [0.05, 0.1) is 38.6 Å². The lowest BCUT2D eigenvalue weighted by atomic mass is 10.1. The molecule has 0 saturated carbocycles. The zero-order valence-electron chi connectivity index (χ0n) is 26.3. The van der Waals surface area contributed by atoms with Crippen LogP contribution >= 0.6 is 0 Å². The molecule has 0 spiro atoms. The Hall–Kier alpha value is -4.98. The Morgan fingerprint density at radius 2 is 1.06 bits per heavy atom. The first-order chi connectivity index (χ1) is 23.5. The zero-order chi connectivity index (χ0) is 33.3. The van der Waals surface area contributed by atoms with Crippen LogP contribution in [0.1, 0.15) is 31.8 Å². The normalized spacial score (nSPS) is 19.7. The predicted molar refractivity (Wildman–Crippen MR) is 168 cm³/mol. The number of hydrogen-bond donors (Lipinski definition) is 0. The van der Waals surface area contributed by atoms with E-state index in [1.165, 1.54) is 24.3 Å². The van der Waals surface area contributed by atoms with Crippen molar-refractivity contribution in [3.8, 4) is 23.0 Å². The Morgan fingerprint density at radius 1 is 0.583 bits per heavy atom. The van der Waals surface area contributed by atoms with E-state index in [1.54, 1.807) is 50.6 Å². The number of benzene rings is 4. The summed E-state index contributed by atoms with van der Waals surface area (Å²) in [5.41, 5.74) is 2.46. The highest BCUT2D eigenvalue weighted by molar-refractivity contribution is 5.92. The van der Waals surface area contributed by atoms with Crippen molar-refractivity contribution in [2.24, 2.45) is 0 Å². The average molecular weight is 659 g/mol. The molecule has 48 heavy (non-hydrogen) atoms. The molecule has 0 N–H and O–H groups in total. The molecule has 2 fully saturated rings. The topological polar surface area (TPSA) is 126 Å². The van der Waals surface area contributed by atoms with Gasteiger partial charge in [0.15, 0.2) is 11.9 Å². The molecule has 2 heterocycles. The van der Waals surface area contributed by atoms with Crippen molar-refractivity contribution in [2.75, 3.05) is 27.4 Å². The van der Waals surface area contributed by atoms with E-state index in [4.69, 9.17) is 48.0 Å². The smallest absolute Gasteiger partial charge is 0.343 e. The average Bonchev–Trinajstić information content (AvgIpc) is 3.72. The maximum Gasteiger partial charge on any atom is 0.343 e. The number of hydrogen-bond acceptors (Lipinski definition) is 12. The molecule has 0 aromatic heterocycles. The Labute approximate surface area is 276 Å². The number of ether oxygens (including phenoxy) is 6. The van der Waals surface area contributed by atoms with E-state index in [-0.39, 0.29) is 37.7 Å². The molecule has 0 radical (unpaired) electrons. The molecule has 250 valence electrons. The van der Waals surface area contributed by atoms with Gasteiger partial charge in [-0.15, -0.1) is 0 Å². The van der Waals surface area contributed by atoms with Gasteiger partial charge in [-0.05, 0) is 83.9 Å². The van der Waals surface area contributed by atoms with E-state index in [0.29, 0.717) is 17.1 Å². The minimum Gasteiger partial charge on any atom is -0.497 e. The van der Waals surface area contributed by atoms with E-state index < -0.39 is 36.4 Å². The zero-order valence-corrected chi connectivity index (χ0v) is 26.3. The standard InChI is InChI=1S/C36H34O12/c1-39-27-11-3-23(4-12-27)19-43-47-30-13-5-24(6-14-30)20-44-48-32-22-42-33-31(21-41-34(32)33)46-36(38)26-9-17-29(18-10-26)45-35(37)25-7-15-28(40-2)16-8-25/h3-18,31-34H,19-22H2,1-2H3/t31?,32-,33-,34-/m1/s1. The summed E-state index contributed by atoms with van der Waals surface area (Å²) >= 11 is 0. The van der Waals surface area contributed by atoms with Gasteiger partial charge in [0, 0.05) is 0 Å². The van der Waals surface area contributed by atoms with Gasteiger partial charge in [0.2, 0.25) is 0 Å². The second kappa shape index (κ2) is 15.7. The largest absolute Gasteiger partial charge is 0.497 e. The summed E-state index contributed by atoms with van der Waals surface area (Å²) in [6.07, 6.45) is -2.07. The maximum atomic E-state index is 12.9. The molecule has 4 atom stereocenters. The van der Waals surface area contributed by atoms with Crippen molar-refractivity contribution in [2.45, 2.75) is 37.6 Å². The highest BCUT2D eigenvalue weighted by atomic mass is 17.2. The Bertz CT molecular complexity index is 1640. The molecule has 4 aromatic carbocycles. The van der Waals surface area contributed by atoms with E-state index in [0.717, 1.165) is 16.9 Å². The molecule has 0 aliphatic carbocycles. The molecule has 4 aromatic rings. The minimum absolute atomic E-state index is 0.153. The van der Waals surface area contributed by atoms with Crippen LogP contribution in [0.3, 0.4) is 0 Å². The van der Waals surface area contributed by atoms with Crippen LogP contribution in [0.2, 0.25) is 0 Å². The van der Waals surface area contributed by atoms with Crippen LogP contribution in [0.4, 0.5) is 0 Å². The number of methoxy groups -OCH3 is 2. The monoisotopic (exact) mass is 658 g/mol. The first-order valence-corrected chi connectivity index (χ1v) is 15.2. The van der Waals surface area contributed by atoms with Gasteiger partial charge >= 0.3 is 11.9 Å². The molecular weight excluding hydrogens is 624 g/mol. The lowest BCUT2D eigenvalue weighted by molar-refractivity contribution is -0.341. The molecule has 2 aliphatic heterocycles.